The minimum Gasteiger partial charge on any atom is -0.376 e. The fraction of sp³-hybridized carbons (Fsp3) is 0.286. The fourth-order valence-corrected chi connectivity index (χ4v) is 1.52. The number of oxime groups is 1. The molecule has 0 aliphatic rings. The molecule has 1 rings (SSSR count). The van der Waals surface area contributed by atoms with Gasteiger partial charge in [-0.3, -0.25) is 15.5 Å². The summed E-state index contributed by atoms with van der Waals surface area (Å²) in [5.41, 5.74) is 7.63. The van der Waals surface area contributed by atoms with Gasteiger partial charge in [-0.15, -0.1) is 0 Å². The molecule has 0 bridgehead atoms. The van der Waals surface area contributed by atoms with E-state index in [0.717, 1.165) is 5.56 Å². The van der Waals surface area contributed by atoms with E-state index in [0.29, 0.717) is 23.5 Å². The van der Waals surface area contributed by atoms with Crippen molar-refractivity contribution in [3.05, 3.63) is 23.8 Å². The number of rotatable bonds is 4. The summed E-state index contributed by atoms with van der Waals surface area (Å²) in [7, 11) is 0. The maximum Gasteiger partial charge on any atom is 0.437 e. The second kappa shape index (κ2) is 8.69. The van der Waals surface area contributed by atoms with Crippen LogP contribution in [0.5, 0.6) is 0 Å². The summed E-state index contributed by atoms with van der Waals surface area (Å²) in [4.78, 5) is 28.0. The molecule has 124 valence electrons. The van der Waals surface area contributed by atoms with Gasteiger partial charge in [0.15, 0.2) is 5.11 Å². The van der Waals surface area contributed by atoms with Crippen molar-refractivity contribution in [1.29, 1.82) is 0 Å². The summed E-state index contributed by atoms with van der Waals surface area (Å²) >= 11 is 4.57. The largest absolute Gasteiger partial charge is 0.437 e. The van der Waals surface area contributed by atoms with Crippen LogP contribution in [0.1, 0.15) is 25.8 Å². The van der Waals surface area contributed by atoms with Crippen LogP contribution in [0.3, 0.4) is 0 Å². The lowest BCUT2D eigenvalue weighted by Gasteiger charge is -2.11. The lowest BCUT2D eigenvalue weighted by atomic mass is 10.2. The molecule has 0 aliphatic heterocycles. The van der Waals surface area contributed by atoms with Gasteiger partial charge in [0.2, 0.25) is 0 Å². The van der Waals surface area contributed by atoms with Crippen LogP contribution in [0.15, 0.2) is 23.4 Å². The number of urea groups is 1. The first-order valence-corrected chi connectivity index (χ1v) is 7.22. The lowest BCUT2D eigenvalue weighted by molar-refractivity contribution is 0.166. The van der Waals surface area contributed by atoms with E-state index in [4.69, 9.17) is 10.6 Å². The van der Waals surface area contributed by atoms with Crippen LogP contribution >= 0.6 is 12.2 Å². The first-order chi connectivity index (χ1) is 10.8. The van der Waals surface area contributed by atoms with Gasteiger partial charge in [0, 0.05) is 11.4 Å². The molecule has 0 aliphatic carbocycles. The second-order valence-electron chi connectivity index (χ2n) is 4.66. The number of thiocarbonyl (C=S) groups is 1. The molecule has 0 fully saturated rings. The predicted octanol–water partition coefficient (Wildman–Crippen LogP) is 2.69. The molecule has 0 saturated heterocycles. The Labute approximate surface area is 139 Å². The van der Waals surface area contributed by atoms with Gasteiger partial charge < -0.3 is 11.1 Å². The zero-order valence-corrected chi connectivity index (χ0v) is 13.9. The van der Waals surface area contributed by atoms with Crippen LogP contribution < -0.4 is 21.7 Å². The van der Waals surface area contributed by atoms with Gasteiger partial charge in [0.25, 0.3) is 0 Å². The second-order valence-corrected chi connectivity index (χ2v) is 5.10. The Hall–Kier alpha value is -2.68. The summed E-state index contributed by atoms with van der Waals surface area (Å²) in [6.45, 7) is 5.45. The van der Waals surface area contributed by atoms with Crippen LogP contribution in [-0.4, -0.2) is 22.9 Å². The SMILES string of the molecule is CC/C(C)=N/OC(=O)Nc1cc(NC(=O)NC(N)=S)ccc1C. The van der Waals surface area contributed by atoms with Crippen molar-refractivity contribution < 1.29 is 14.4 Å². The molecule has 0 aromatic heterocycles. The molecular formula is C14H19N5O3S. The Morgan fingerprint density at radius 2 is 2.04 bits per heavy atom. The van der Waals surface area contributed by atoms with E-state index in [1.54, 1.807) is 32.0 Å². The topological polar surface area (TPSA) is 118 Å². The number of anilines is 2. The van der Waals surface area contributed by atoms with Crippen LogP contribution in [0.4, 0.5) is 21.0 Å². The highest BCUT2D eigenvalue weighted by Gasteiger charge is 2.09. The summed E-state index contributed by atoms with van der Waals surface area (Å²) in [6, 6.07) is 4.40. The quantitative estimate of drug-likeness (QED) is 0.292. The predicted molar refractivity (Wildman–Crippen MR) is 93.6 cm³/mol. The van der Waals surface area contributed by atoms with Crippen molar-refractivity contribution in [3.63, 3.8) is 0 Å². The van der Waals surface area contributed by atoms with Crippen LogP contribution in [0, 0.1) is 6.92 Å². The maximum absolute atomic E-state index is 11.7. The van der Waals surface area contributed by atoms with E-state index in [1.807, 2.05) is 6.92 Å². The smallest absolute Gasteiger partial charge is 0.376 e. The van der Waals surface area contributed by atoms with E-state index < -0.39 is 12.1 Å². The zero-order chi connectivity index (χ0) is 17.4. The van der Waals surface area contributed by atoms with Gasteiger partial charge in [0.05, 0.1) is 5.71 Å². The highest BCUT2D eigenvalue weighted by Crippen LogP contribution is 2.20. The number of carbonyl (C=O) groups is 2. The van der Waals surface area contributed by atoms with Gasteiger partial charge in [-0.05, 0) is 50.2 Å². The monoisotopic (exact) mass is 337 g/mol. The summed E-state index contributed by atoms with van der Waals surface area (Å²) < 4.78 is 0. The van der Waals surface area contributed by atoms with Gasteiger partial charge >= 0.3 is 12.1 Å². The molecular weight excluding hydrogens is 318 g/mol. The van der Waals surface area contributed by atoms with Crippen LogP contribution in [0.25, 0.3) is 0 Å². The molecule has 9 heteroatoms. The highest BCUT2D eigenvalue weighted by molar-refractivity contribution is 7.80. The molecule has 5 N–H and O–H groups in total. The summed E-state index contributed by atoms with van der Waals surface area (Å²) in [5, 5.41) is 10.9. The van der Waals surface area contributed by atoms with Gasteiger partial charge in [0.1, 0.15) is 0 Å². The van der Waals surface area contributed by atoms with Gasteiger partial charge in [-0.25, -0.2) is 9.59 Å². The van der Waals surface area contributed by atoms with Crippen molar-refractivity contribution in [3.8, 4) is 0 Å². The Morgan fingerprint density at radius 1 is 1.35 bits per heavy atom. The molecule has 1 aromatic carbocycles. The van der Waals surface area contributed by atoms with Crippen molar-refractivity contribution in [1.82, 2.24) is 5.32 Å². The van der Waals surface area contributed by atoms with Crippen LogP contribution in [-0.2, 0) is 4.84 Å². The van der Waals surface area contributed by atoms with E-state index in [9.17, 15) is 9.59 Å². The third-order valence-corrected chi connectivity index (χ3v) is 2.87. The van der Waals surface area contributed by atoms with Gasteiger partial charge in [-0.2, -0.15) is 0 Å². The summed E-state index contributed by atoms with van der Waals surface area (Å²) in [6.07, 6.45) is -0.0326. The van der Waals surface area contributed by atoms with E-state index in [-0.39, 0.29) is 5.11 Å². The molecule has 0 spiro atoms. The number of hydrogen-bond donors (Lipinski definition) is 4. The number of amides is 3. The number of nitrogens with zero attached hydrogens (tertiary/aromatic N) is 1. The molecule has 8 nitrogen and oxygen atoms in total. The number of nitrogens with two attached hydrogens (primary N) is 1. The van der Waals surface area contributed by atoms with Crippen molar-refractivity contribution in [2.24, 2.45) is 10.9 Å². The average molecular weight is 337 g/mol. The third kappa shape index (κ3) is 6.74. The standard InChI is InChI=1S/C14H19N5O3S/c1-4-9(3)19-22-14(21)17-11-7-10(6-5-8(11)2)16-13(20)18-12(15)23/h5-7H,4H2,1-3H3,(H,17,21)(H4,15,16,18,20,23)/b19-9+. The molecule has 23 heavy (non-hydrogen) atoms. The number of carbonyl (C=O) groups excluding carboxylic acids is 2. The molecule has 0 saturated carbocycles. The number of nitrogens with one attached hydrogen (secondary N) is 3. The number of benzene rings is 1. The fourth-order valence-electron chi connectivity index (χ4n) is 1.43. The number of aryl methyl sites for hydroxylation is 1. The molecule has 3 amide bonds. The van der Waals surface area contributed by atoms with Crippen molar-refractivity contribution in [2.75, 3.05) is 10.6 Å². The number of hydrogen-bond acceptors (Lipinski definition) is 5. The summed E-state index contributed by atoms with van der Waals surface area (Å²) in [5.74, 6) is 0. The van der Waals surface area contributed by atoms with E-state index in [1.165, 1.54) is 0 Å². The molecule has 0 atom stereocenters. The average Bonchev–Trinajstić information content (AvgIpc) is 2.47. The highest BCUT2D eigenvalue weighted by atomic mass is 32.1. The Balaban J connectivity index is 2.75. The first kappa shape index (κ1) is 18.4. The molecule has 0 unspecified atom stereocenters. The van der Waals surface area contributed by atoms with E-state index in [2.05, 4.69) is 33.3 Å². The Kier molecular flexibility index (Phi) is 6.94. The Bertz CT molecular complexity index is 645. The first-order valence-electron chi connectivity index (χ1n) is 6.81. The Morgan fingerprint density at radius 3 is 2.65 bits per heavy atom. The van der Waals surface area contributed by atoms with E-state index >= 15 is 0 Å². The third-order valence-electron chi connectivity index (χ3n) is 2.76. The minimum atomic E-state index is -0.717. The zero-order valence-electron chi connectivity index (χ0n) is 13.1. The molecule has 0 heterocycles. The van der Waals surface area contributed by atoms with Gasteiger partial charge in [-0.1, -0.05) is 18.1 Å². The normalized spacial score (nSPS) is 10.7. The lowest BCUT2D eigenvalue weighted by Crippen LogP contribution is -2.37. The van der Waals surface area contributed by atoms with Crippen molar-refractivity contribution >= 4 is 46.5 Å². The maximum atomic E-state index is 11.7. The minimum absolute atomic E-state index is 0.138. The van der Waals surface area contributed by atoms with Crippen LogP contribution in [0.2, 0.25) is 0 Å². The molecule has 0 radical (unpaired) electrons. The molecule has 1 aromatic rings. The van der Waals surface area contributed by atoms with Crippen molar-refractivity contribution in [2.45, 2.75) is 27.2 Å².